The predicted octanol–water partition coefficient (Wildman–Crippen LogP) is 6.32. The summed E-state index contributed by atoms with van der Waals surface area (Å²) in [6.45, 7) is 3.08. The zero-order valence-electron chi connectivity index (χ0n) is 27.5. The predicted molar refractivity (Wildman–Crippen MR) is 189 cm³/mol. The molecule has 2 amide bonds. The lowest BCUT2D eigenvalue weighted by molar-refractivity contribution is -0.385. The Kier molecular flexibility index (Phi) is 12.8. The monoisotopic (exact) mass is 706 g/mol. The van der Waals surface area contributed by atoms with Gasteiger partial charge >= 0.3 is 0 Å². The molecule has 0 spiro atoms. The first-order valence-electron chi connectivity index (χ1n) is 15.7. The molecule has 0 fully saturated rings. The number of unbranched alkanes of at least 4 members (excludes halogenated alkanes) is 1. The third-order valence-corrected chi connectivity index (χ3v) is 10.1. The second-order valence-corrected chi connectivity index (χ2v) is 13.6. The molecule has 4 aromatic rings. The molecule has 0 heterocycles. The van der Waals surface area contributed by atoms with Crippen molar-refractivity contribution in [3.05, 3.63) is 129 Å². The van der Waals surface area contributed by atoms with Crippen LogP contribution >= 0.6 is 11.6 Å². The van der Waals surface area contributed by atoms with E-state index in [1.54, 1.807) is 36.4 Å². The van der Waals surface area contributed by atoms with E-state index in [0.29, 0.717) is 22.9 Å². The number of carbonyl (C=O) groups is 2. The van der Waals surface area contributed by atoms with Crippen LogP contribution < -0.4 is 14.4 Å². The molecule has 0 aliphatic rings. The van der Waals surface area contributed by atoms with Crippen LogP contribution in [0, 0.1) is 17.0 Å². The van der Waals surface area contributed by atoms with E-state index >= 15 is 0 Å². The summed E-state index contributed by atoms with van der Waals surface area (Å²) < 4.78 is 34.8. The number of nitrogens with zero attached hydrogens (tertiary/aromatic N) is 3. The van der Waals surface area contributed by atoms with Crippen molar-refractivity contribution in [2.45, 2.75) is 50.6 Å². The van der Waals surface area contributed by atoms with Crippen LogP contribution in [0.3, 0.4) is 0 Å². The Morgan fingerprint density at radius 2 is 1.65 bits per heavy atom. The molecular formula is C36H39ClN4O7S. The largest absolute Gasteiger partial charge is 0.497 e. The van der Waals surface area contributed by atoms with Crippen molar-refractivity contribution in [3.8, 4) is 5.75 Å². The summed E-state index contributed by atoms with van der Waals surface area (Å²) >= 11 is 6.54. The fourth-order valence-electron chi connectivity index (χ4n) is 5.22. The van der Waals surface area contributed by atoms with Crippen LogP contribution in [0.15, 0.2) is 102 Å². The summed E-state index contributed by atoms with van der Waals surface area (Å²) in [6.07, 6.45) is 1.72. The van der Waals surface area contributed by atoms with Crippen LogP contribution in [0.5, 0.6) is 5.75 Å². The molecule has 0 aromatic heterocycles. The highest BCUT2D eigenvalue weighted by Gasteiger charge is 2.35. The number of anilines is 1. The molecule has 0 saturated carbocycles. The van der Waals surface area contributed by atoms with Gasteiger partial charge in [-0.25, -0.2) is 8.42 Å². The van der Waals surface area contributed by atoms with Crippen molar-refractivity contribution in [2.75, 3.05) is 24.5 Å². The standard InChI is InChI=1S/C36H39ClN4O7S/c1-4-5-21-38-36(43)34(22-27-11-7-6-8-12-27)39(24-28-13-9-10-14-32(28)37)35(42)25-40(29-16-18-30(48-3)19-17-29)49(46,47)31-20-15-26(2)33(23-31)41(44)45/h6-20,23,34H,4-5,21-22,24-25H2,1-3H3,(H,38,43). The molecular weight excluding hydrogens is 668 g/mol. The first-order chi connectivity index (χ1) is 23.5. The van der Waals surface area contributed by atoms with Crippen molar-refractivity contribution >= 4 is 44.8 Å². The van der Waals surface area contributed by atoms with Crippen LogP contribution in [0.1, 0.15) is 36.5 Å². The number of hydrogen-bond acceptors (Lipinski definition) is 7. The third kappa shape index (κ3) is 9.36. The van der Waals surface area contributed by atoms with E-state index in [2.05, 4.69) is 5.32 Å². The molecule has 0 radical (unpaired) electrons. The molecule has 0 bridgehead atoms. The number of benzene rings is 4. The van der Waals surface area contributed by atoms with Gasteiger partial charge in [0.2, 0.25) is 11.8 Å². The number of ether oxygens (including phenoxy) is 1. The maximum atomic E-state index is 14.6. The van der Waals surface area contributed by atoms with Gasteiger partial charge in [0.1, 0.15) is 18.3 Å². The van der Waals surface area contributed by atoms with Gasteiger partial charge in [-0.15, -0.1) is 0 Å². The first-order valence-corrected chi connectivity index (χ1v) is 17.5. The van der Waals surface area contributed by atoms with E-state index in [1.807, 2.05) is 37.3 Å². The summed E-state index contributed by atoms with van der Waals surface area (Å²) in [7, 11) is -3.10. The van der Waals surface area contributed by atoms with Crippen LogP contribution in [-0.2, 0) is 32.6 Å². The Labute approximate surface area is 291 Å². The number of carbonyl (C=O) groups excluding carboxylic acids is 2. The zero-order valence-corrected chi connectivity index (χ0v) is 29.1. The molecule has 258 valence electrons. The highest BCUT2D eigenvalue weighted by Crippen LogP contribution is 2.30. The number of methoxy groups -OCH3 is 1. The maximum Gasteiger partial charge on any atom is 0.273 e. The Balaban J connectivity index is 1.84. The number of halogens is 1. The van der Waals surface area contributed by atoms with Crippen LogP contribution in [-0.4, -0.2) is 56.3 Å². The minimum Gasteiger partial charge on any atom is -0.497 e. The van der Waals surface area contributed by atoms with Crippen molar-refractivity contribution in [1.29, 1.82) is 0 Å². The minimum atomic E-state index is -4.56. The Morgan fingerprint density at radius 1 is 0.980 bits per heavy atom. The molecule has 4 aromatic carbocycles. The second-order valence-electron chi connectivity index (χ2n) is 11.4. The smallest absolute Gasteiger partial charge is 0.273 e. The summed E-state index contributed by atoms with van der Waals surface area (Å²) in [4.78, 5) is 40.5. The minimum absolute atomic E-state index is 0.0935. The van der Waals surface area contributed by atoms with E-state index in [9.17, 15) is 28.1 Å². The highest BCUT2D eigenvalue weighted by atomic mass is 35.5. The van der Waals surface area contributed by atoms with Gasteiger partial charge in [0.05, 0.1) is 22.6 Å². The third-order valence-electron chi connectivity index (χ3n) is 8.00. The molecule has 1 atom stereocenters. The van der Waals surface area contributed by atoms with Gasteiger partial charge in [-0.3, -0.25) is 24.0 Å². The van der Waals surface area contributed by atoms with Gasteiger partial charge in [-0.2, -0.15) is 0 Å². The SMILES string of the molecule is CCCCNC(=O)C(Cc1ccccc1)N(Cc1ccccc1Cl)C(=O)CN(c1ccc(OC)cc1)S(=O)(=O)c1ccc(C)c([N+](=O)[O-])c1. The Hall–Kier alpha value is -4.94. The molecule has 4 rings (SSSR count). The number of nitro groups is 1. The summed E-state index contributed by atoms with van der Waals surface area (Å²) in [6, 6.07) is 24.7. The van der Waals surface area contributed by atoms with Gasteiger partial charge in [0, 0.05) is 36.2 Å². The lowest BCUT2D eigenvalue weighted by Gasteiger charge is -2.34. The summed E-state index contributed by atoms with van der Waals surface area (Å²) in [5.41, 5.74) is 1.36. The van der Waals surface area contributed by atoms with Gasteiger partial charge in [0.25, 0.3) is 15.7 Å². The quantitative estimate of drug-likeness (QED) is 0.0818. The molecule has 1 N–H and O–H groups in total. The number of hydrogen-bond donors (Lipinski definition) is 1. The van der Waals surface area contributed by atoms with Gasteiger partial charge in [-0.05, 0) is 60.9 Å². The van der Waals surface area contributed by atoms with E-state index in [1.165, 1.54) is 43.2 Å². The molecule has 13 heteroatoms. The van der Waals surface area contributed by atoms with Crippen molar-refractivity contribution in [1.82, 2.24) is 10.2 Å². The lowest BCUT2D eigenvalue weighted by Crippen LogP contribution is -2.53. The molecule has 11 nitrogen and oxygen atoms in total. The average Bonchev–Trinajstić information content (AvgIpc) is 3.09. The highest BCUT2D eigenvalue weighted by molar-refractivity contribution is 7.92. The number of aryl methyl sites for hydroxylation is 1. The fraction of sp³-hybridized carbons (Fsp3) is 0.278. The second kappa shape index (κ2) is 16.9. The van der Waals surface area contributed by atoms with E-state index < -0.39 is 39.3 Å². The molecule has 49 heavy (non-hydrogen) atoms. The van der Waals surface area contributed by atoms with Crippen molar-refractivity contribution in [2.24, 2.45) is 0 Å². The molecule has 0 saturated heterocycles. The number of sulfonamides is 1. The van der Waals surface area contributed by atoms with E-state index in [4.69, 9.17) is 16.3 Å². The van der Waals surface area contributed by atoms with Gasteiger partial charge < -0.3 is 15.0 Å². The average molecular weight is 707 g/mol. The van der Waals surface area contributed by atoms with E-state index in [0.717, 1.165) is 28.8 Å². The Morgan fingerprint density at radius 3 is 2.29 bits per heavy atom. The van der Waals surface area contributed by atoms with Crippen LogP contribution in [0.25, 0.3) is 0 Å². The number of amides is 2. The topological polar surface area (TPSA) is 139 Å². The molecule has 1 unspecified atom stereocenters. The zero-order chi connectivity index (χ0) is 35.6. The lowest BCUT2D eigenvalue weighted by atomic mass is 10.0. The van der Waals surface area contributed by atoms with Gasteiger partial charge in [0.15, 0.2) is 0 Å². The maximum absolute atomic E-state index is 14.6. The Bertz CT molecular complexity index is 1870. The number of nitro benzene ring substituents is 1. The van der Waals surface area contributed by atoms with E-state index in [-0.39, 0.29) is 34.8 Å². The van der Waals surface area contributed by atoms with Crippen molar-refractivity contribution in [3.63, 3.8) is 0 Å². The molecule has 0 aliphatic heterocycles. The molecule has 0 aliphatic carbocycles. The first kappa shape index (κ1) is 36.9. The number of nitrogens with one attached hydrogen (secondary N) is 1. The summed E-state index contributed by atoms with van der Waals surface area (Å²) in [5.74, 6) is -0.636. The normalized spacial score (nSPS) is 11.8. The number of rotatable bonds is 16. The summed E-state index contributed by atoms with van der Waals surface area (Å²) in [5, 5.41) is 15.0. The fourth-order valence-corrected chi connectivity index (χ4v) is 6.85. The van der Waals surface area contributed by atoms with Crippen LogP contribution in [0.2, 0.25) is 5.02 Å². The van der Waals surface area contributed by atoms with Crippen molar-refractivity contribution < 1.29 is 27.7 Å². The van der Waals surface area contributed by atoms with Gasteiger partial charge in [-0.1, -0.05) is 79.5 Å². The van der Waals surface area contributed by atoms with Crippen LogP contribution in [0.4, 0.5) is 11.4 Å².